The van der Waals surface area contributed by atoms with E-state index in [1.54, 1.807) is 24.3 Å². The normalized spacial score (nSPS) is 15.8. The van der Waals surface area contributed by atoms with Crippen molar-refractivity contribution in [3.8, 4) is 22.8 Å². The van der Waals surface area contributed by atoms with E-state index in [0.29, 0.717) is 35.9 Å². The second-order valence-corrected chi connectivity index (χ2v) is 7.14. The molecule has 5 nitrogen and oxygen atoms in total. The molecule has 7 heteroatoms. The van der Waals surface area contributed by atoms with Gasteiger partial charge in [-0.1, -0.05) is 12.1 Å². The third-order valence-electron chi connectivity index (χ3n) is 5.31. The Bertz CT molecular complexity index is 1130. The fraction of sp³-hybridized carbons (Fsp3) is 0.182. The van der Waals surface area contributed by atoms with Crippen molar-refractivity contribution in [2.45, 2.75) is 18.3 Å². The predicted octanol–water partition coefficient (Wildman–Crippen LogP) is 4.43. The molecule has 0 saturated heterocycles. The highest BCUT2D eigenvalue weighted by Crippen LogP contribution is 2.51. The van der Waals surface area contributed by atoms with Gasteiger partial charge in [-0.2, -0.15) is 0 Å². The number of hydrogen-bond acceptors (Lipinski definition) is 4. The summed E-state index contributed by atoms with van der Waals surface area (Å²) in [6.45, 7) is 0.175. The number of benzene rings is 2. The van der Waals surface area contributed by atoms with Crippen LogP contribution in [0, 0.1) is 11.6 Å². The molecule has 3 aromatic rings. The van der Waals surface area contributed by atoms with E-state index >= 15 is 0 Å². The number of aromatic nitrogens is 1. The fourth-order valence-electron chi connectivity index (χ4n) is 3.55. The Balaban J connectivity index is 1.40. The van der Waals surface area contributed by atoms with Gasteiger partial charge in [-0.05, 0) is 54.8 Å². The van der Waals surface area contributed by atoms with Crippen LogP contribution in [-0.2, 0) is 10.2 Å². The molecule has 1 amide bonds. The number of nitrogens with one attached hydrogen (secondary N) is 1. The average Bonchev–Trinajstić information content (AvgIpc) is 3.39. The number of hydrogen-bond donors (Lipinski definition) is 1. The maximum absolute atomic E-state index is 14.1. The minimum absolute atomic E-state index is 0.166. The Morgan fingerprint density at radius 3 is 2.62 bits per heavy atom. The molecular weight excluding hydrogens is 378 g/mol. The summed E-state index contributed by atoms with van der Waals surface area (Å²) in [6, 6.07) is 13.7. The summed E-state index contributed by atoms with van der Waals surface area (Å²) in [5, 5.41) is 2.83. The van der Waals surface area contributed by atoms with Gasteiger partial charge in [-0.25, -0.2) is 13.8 Å². The van der Waals surface area contributed by atoms with E-state index in [4.69, 9.17) is 9.47 Å². The molecular formula is C22H16F2N2O3. The molecule has 0 unspecified atom stereocenters. The van der Waals surface area contributed by atoms with Crippen molar-refractivity contribution >= 4 is 11.7 Å². The Hall–Kier alpha value is -3.48. The molecule has 1 aliphatic heterocycles. The molecule has 29 heavy (non-hydrogen) atoms. The molecule has 0 radical (unpaired) electrons. The molecule has 1 N–H and O–H groups in total. The Morgan fingerprint density at radius 2 is 1.83 bits per heavy atom. The van der Waals surface area contributed by atoms with Crippen LogP contribution in [0.25, 0.3) is 11.3 Å². The number of halogens is 2. The first-order valence-electron chi connectivity index (χ1n) is 9.19. The van der Waals surface area contributed by atoms with E-state index in [9.17, 15) is 13.6 Å². The highest BCUT2D eigenvalue weighted by atomic mass is 19.1. The van der Waals surface area contributed by atoms with E-state index < -0.39 is 17.0 Å². The molecule has 0 bridgehead atoms. The highest BCUT2D eigenvalue weighted by Gasteiger charge is 2.51. The van der Waals surface area contributed by atoms with Gasteiger partial charge in [0.15, 0.2) is 11.5 Å². The summed E-state index contributed by atoms with van der Waals surface area (Å²) in [6.07, 6.45) is 1.43. The highest BCUT2D eigenvalue weighted by molar-refractivity contribution is 6.01. The number of pyridine rings is 1. The van der Waals surface area contributed by atoms with Crippen LogP contribution in [0.15, 0.2) is 54.6 Å². The van der Waals surface area contributed by atoms with Crippen LogP contribution in [-0.4, -0.2) is 17.7 Å². The summed E-state index contributed by atoms with van der Waals surface area (Å²) in [5.74, 6) is 0.0630. The van der Waals surface area contributed by atoms with Crippen LogP contribution in [0.5, 0.6) is 11.5 Å². The third-order valence-corrected chi connectivity index (χ3v) is 5.31. The lowest BCUT2D eigenvalue weighted by Gasteiger charge is -2.16. The van der Waals surface area contributed by atoms with Crippen molar-refractivity contribution in [1.82, 2.24) is 4.98 Å². The lowest BCUT2D eigenvalue weighted by Crippen LogP contribution is -2.28. The van der Waals surface area contributed by atoms with E-state index in [1.807, 2.05) is 12.1 Å². The van der Waals surface area contributed by atoms with Crippen molar-refractivity contribution in [3.05, 3.63) is 71.8 Å². The van der Waals surface area contributed by atoms with Crippen molar-refractivity contribution in [3.63, 3.8) is 0 Å². The molecule has 2 aliphatic rings. The molecule has 146 valence electrons. The van der Waals surface area contributed by atoms with Crippen molar-refractivity contribution in [2.75, 3.05) is 12.1 Å². The second-order valence-electron chi connectivity index (χ2n) is 7.14. The van der Waals surface area contributed by atoms with Crippen molar-refractivity contribution in [2.24, 2.45) is 0 Å². The Kier molecular flexibility index (Phi) is 3.97. The quantitative estimate of drug-likeness (QED) is 0.711. The fourth-order valence-corrected chi connectivity index (χ4v) is 3.55. The molecule has 1 aliphatic carbocycles. The van der Waals surface area contributed by atoms with E-state index in [0.717, 1.165) is 11.6 Å². The van der Waals surface area contributed by atoms with Gasteiger partial charge < -0.3 is 14.8 Å². The number of nitrogens with zero attached hydrogens (tertiary/aromatic N) is 1. The van der Waals surface area contributed by atoms with E-state index in [1.165, 1.54) is 12.1 Å². The van der Waals surface area contributed by atoms with Gasteiger partial charge in [0.05, 0.1) is 11.1 Å². The predicted molar refractivity (Wildman–Crippen MR) is 102 cm³/mol. The van der Waals surface area contributed by atoms with Crippen LogP contribution in [0.3, 0.4) is 0 Å². The smallest absolute Gasteiger partial charge is 0.236 e. The third kappa shape index (κ3) is 3.08. The largest absolute Gasteiger partial charge is 0.454 e. The first kappa shape index (κ1) is 17.6. The van der Waals surface area contributed by atoms with Gasteiger partial charge in [0.25, 0.3) is 0 Å². The van der Waals surface area contributed by atoms with Crippen molar-refractivity contribution in [1.29, 1.82) is 0 Å². The van der Waals surface area contributed by atoms with Crippen LogP contribution in [0.4, 0.5) is 14.6 Å². The van der Waals surface area contributed by atoms with E-state index in [2.05, 4.69) is 10.3 Å². The number of anilines is 1. The number of fused-ring (bicyclic) bond motifs is 1. The van der Waals surface area contributed by atoms with Gasteiger partial charge in [-0.15, -0.1) is 0 Å². The van der Waals surface area contributed by atoms with Crippen LogP contribution >= 0.6 is 0 Å². The summed E-state index contributed by atoms with van der Waals surface area (Å²) in [4.78, 5) is 17.3. The van der Waals surface area contributed by atoms with E-state index in [-0.39, 0.29) is 18.3 Å². The molecule has 0 spiro atoms. The van der Waals surface area contributed by atoms with Crippen LogP contribution in [0.2, 0.25) is 0 Å². The number of ether oxygens (including phenoxy) is 2. The zero-order valence-electron chi connectivity index (χ0n) is 15.2. The first-order chi connectivity index (χ1) is 14.0. The first-order valence-corrected chi connectivity index (χ1v) is 9.19. The number of carbonyl (C=O) groups excluding carboxylic acids is 1. The number of carbonyl (C=O) groups is 1. The van der Waals surface area contributed by atoms with Gasteiger partial charge in [0, 0.05) is 11.6 Å². The molecule has 5 rings (SSSR count). The molecule has 1 fully saturated rings. The molecule has 0 atom stereocenters. The van der Waals surface area contributed by atoms with Gasteiger partial charge in [0.2, 0.25) is 12.7 Å². The Morgan fingerprint density at radius 1 is 1.00 bits per heavy atom. The number of rotatable bonds is 4. The lowest BCUT2D eigenvalue weighted by molar-refractivity contribution is -0.118. The molecule has 1 aromatic heterocycles. The summed E-state index contributed by atoms with van der Waals surface area (Å²) in [7, 11) is 0. The lowest BCUT2D eigenvalue weighted by atomic mass is 9.94. The topological polar surface area (TPSA) is 60.5 Å². The zero-order chi connectivity index (χ0) is 20.0. The average molecular weight is 394 g/mol. The van der Waals surface area contributed by atoms with Crippen molar-refractivity contribution < 1.29 is 23.0 Å². The summed E-state index contributed by atoms with van der Waals surface area (Å²) < 4.78 is 38.0. The van der Waals surface area contributed by atoms with Gasteiger partial charge in [-0.3, -0.25) is 4.79 Å². The van der Waals surface area contributed by atoms with Gasteiger partial charge >= 0.3 is 0 Å². The van der Waals surface area contributed by atoms with Crippen LogP contribution in [0.1, 0.15) is 18.4 Å². The van der Waals surface area contributed by atoms with Crippen LogP contribution < -0.4 is 14.8 Å². The summed E-state index contributed by atoms with van der Waals surface area (Å²) >= 11 is 0. The maximum Gasteiger partial charge on any atom is 0.236 e. The number of amides is 1. The molecule has 1 saturated carbocycles. The zero-order valence-corrected chi connectivity index (χ0v) is 15.2. The summed E-state index contributed by atoms with van der Waals surface area (Å²) in [5.41, 5.74) is 0.701. The molecule has 2 heterocycles. The monoisotopic (exact) mass is 394 g/mol. The minimum Gasteiger partial charge on any atom is -0.454 e. The molecule has 2 aromatic carbocycles. The standard InChI is InChI=1S/C22H16F2N2O3/c23-14-5-6-15(16(24)11-14)17-2-1-3-20(25-17)26-21(27)22(8-9-22)13-4-7-18-19(10-13)29-12-28-18/h1-7,10-11H,8-9,12H2,(H,25,26,27). The Labute approximate surface area is 165 Å². The maximum atomic E-state index is 14.1. The second kappa shape index (κ2) is 6.55. The minimum atomic E-state index is -0.708. The SMILES string of the molecule is O=C(Nc1cccc(-c2ccc(F)cc2F)n1)C1(c2ccc3c(c2)OCO3)CC1. The van der Waals surface area contributed by atoms with Gasteiger partial charge in [0.1, 0.15) is 17.5 Å².